The standard InChI is InChI=1S/C24H21ClN4O3/c1-2-3-6-21(28-24(31)27-20-14-10-18(25)11-15-20)23(30)26-19-12-8-17(9-13-19)22-7-4-5-16-29(22)32/h4-5,7-16,21,32H,6H2,1H3,(H2,27,28,31). The normalized spacial score (nSPS) is 15.2. The zero-order chi connectivity index (χ0) is 22.9. The Bertz CT molecular complexity index is 1110. The van der Waals surface area contributed by atoms with E-state index in [1.807, 2.05) is 6.08 Å². The number of rotatable bonds is 4. The van der Waals surface area contributed by atoms with Gasteiger partial charge in [0.05, 0.1) is 11.4 Å². The number of carbonyl (C=O) groups excluding carboxylic acids is 2. The van der Waals surface area contributed by atoms with Gasteiger partial charge in [0, 0.05) is 28.9 Å². The van der Waals surface area contributed by atoms with E-state index in [1.165, 1.54) is 6.20 Å². The third-order valence-electron chi connectivity index (χ3n) is 4.43. The van der Waals surface area contributed by atoms with E-state index >= 15 is 0 Å². The molecule has 0 spiro atoms. The molecule has 0 aromatic heterocycles. The van der Waals surface area contributed by atoms with E-state index < -0.39 is 18.0 Å². The first-order valence-electron chi connectivity index (χ1n) is 9.75. The molecule has 7 nitrogen and oxygen atoms in total. The molecule has 1 unspecified atom stereocenters. The molecule has 3 amide bonds. The second kappa shape index (κ2) is 11.0. The lowest BCUT2D eigenvalue weighted by Gasteiger charge is -2.18. The third-order valence-corrected chi connectivity index (χ3v) is 4.68. The average molecular weight is 449 g/mol. The molecule has 0 fully saturated rings. The van der Waals surface area contributed by atoms with Gasteiger partial charge >= 0.3 is 6.03 Å². The number of hydrogen-bond acceptors (Lipinski definition) is 4. The van der Waals surface area contributed by atoms with Crippen LogP contribution in [0.15, 0.2) is 89.3 Å². The molecule has 1 aliphatic heterocycles. The van der Waals surface area contributed by atoms with Crippen LogP contribution >= 0.6 is 11.6 Å². The van der Waals surface area contributed by atoms with Crippen LogP contribution < -0.4 is 10.6 Å². The Hall–Kier alpha value is -3.86. The van der Waals surface area contributed by atoms with Gasteiger partial charge in [0.25, 0.3) is 5.91 Å². The van der Waals surface area contributed by atoms with Crippen molar-refractivity contribution in [3.05, 3.63) is 89.3 Å². The lowest BCUT2D eigenvalue weighted by atomic mass is 10.0. The summed E-state index contributed by atoms with van der Waals surface area (Å²) < 4.78 is 0. The molecule has 0 saturated carbocycles. The summed E-state index contributed by atoms with van der Waals surface area (Å²) in [4.78, 5) is 29.2. The highest BCUT2D eigenvalue weighted by atomic mass is 35.5. The zero-order valence-electron chi connectivity index (χ0n) is 17.2. The first kappa shape index (κ1) is 22.8. The van der Waals surface area contributed by atoms with E-state index in [2.05, 4.69) is 27.5 Å². The Morgan fingerprint density at radius 3 is 2.50 bits per heavy atom. The number of benzene rings is 1. The van der Waals surface area contributed by atoms with Crippen molar-refractivity contribution in [2.45, 2.75) is 19.4 Å². The molecule has 32 heavy (non-hydrogen) atoms. The van der Waals surface area contributed by atoms with Gasteiger partial charge in [0.2, 0.25) is 0 Å². The number of carbonyl (C=O) groups is 2. The smallest absolute Gasteiger partial charge is 0.319 e. The molecule has 0 bridgehead atoms. The third kappa shape index (κ3) is 6.32. The summed E-state index contributed by atoms with van der Waals surface area (Å²) in [5.74, 6) is 5.00. The Kier molecular flexibility index (Phi) is 7.81. The monoisotopic (exact) mass is 448 g/mol. The number of amides is 3. The molecule has 0 saturated heterocycles. The van der Waals surface area contributed by atoms with Crippen LogP contribution in [0.4, 0.5) is 10.5 Å². The summed E-state index contributed by atoms with van der Waals surface area (Å²) in [6.45, 7) is 1.65. The van der Waals surface area contributed by atoms with Gasteiger partial charge in [0.15, 0.2) is 0 Å². The van der Waals surface area contributed by atoms with E-state index in [9.17, 15) is 14.8 Å². The van der Waals surface area contributed by atoms with E-state index in [0.29, 0.717) is 22.1 Å². The van der Waals surface area contributed by atoms with Crippen LogP contribution in [0.1, 0.15) is 13.3 Å². The van der Waals surface area contributed by atoms with Crippen LogP contribution in [0, 0.1) is 11.8 Å². The second-order valence-electron chi connectivity index (χ2n) is 6.72. The average Bonchev–Trinajstić information content (AvgIpc) is 2.79. The van der Waals surface area contributed by atoms with Crippen molar-refractivity contribution in [1.82, 2.24) is 10.4 Å². The van der Waals surface area contributed by atoms with E-state index in [-0.39, 0.29) is 6.42 Å². The minimum Gasteiger partial charge on any atom is -0.325 e. The van der Waals surface area contributed by atoms with Crippen LogP contribution in [0.3, 0.4) is 0 Å². The van der Waals surface area contributed by atoms with E-state index in [1.54, 1.807) is 67.6 Å². The topological polar surface area (TPSA) is 94.0 Å². The van der Waals surface area contributed by atoms with E-state index in [0.717, 1.165) is 10.6 Å². The molecule has 8 heteroatoms. The first-order chi connectivity index (χ1) is 15.5. The maximum absolute atomic E-state index is 12.7. The van der Waals surface area contributed by atoms with Crippen LogP contribution in [0.25, 0.3) is 0 Å². The lowest BCUT2D eigenvalue weighted by molar-refractivity contribution is -0.119. The number of nitrogens with zero attached hydrogens (tertiary/aromatic N) is 2. The van der Waals surface area contributed by atoms with Gasteiger partial charge in [-0.05, 0) is 55.5 Å². The maximum Gasteiger partial charge on any atom is 0.319 e. The number of halogens is 1. The molecule has 162 valence electrons. The van der Waals surface area contributed by atoms with Crippen molar-refractivity contribution in [3.63, 3.8) is 0 Å². The molecule has 3 N–H and O–H groups in total. The van der Waals surface area contributed by atoms with Crippen LogP contribution in [0.2, 0.25) is 5.02 Å². The number of allylic oxidation sites excluding steroid dienone is 8. The summed E-state index contributed by atoms with van der Waals surface area (Å²) in [6, 6.07) is 5.14. The lowest BCUT2D eigenvalue weighted by Crippen LogP contribution is -2.42. The minimum absolute atomic E-state index is 0.124. The van der Waals surface area contributed by atoms with Crippen molar-refractivity contribution < 1.29 is 14.8 Å². The van der Waals surface area contributed by atoms with Gasteiger partial charge in [0.1, 0.15) is 6.04 Å². The van der Waals surface area contributed by atoms with Crippen LogP contribution in [-0.4, -0.2) is 34.0 Å². The highest BCUT2D eigenvalue weighted by molar-refractivity contribution is 6.30. The van der Waals surface area contributed by atoms with Crippen molar-refractivity contribution in [3.8, 4) is 11.8 Å². The highest BCUT2D eigenvalue weighted by Crippen LogP contribution is 2.19. The highest BCUT2D eigenvalue weighted by Gasteiger charge is 2.20. The molecule has 1 aliphatic carbocycles. The van der Waals surface area contributed by atoms with Crippen molar-refractivity contribution in [2.24, 2.45) is 4.99 Å². The van der Waals surface area contributed by atoms with Gasteiger partial charge in [-0.25, -0.2) is 14.9 Å². The van der Waals surface area contributed by atoms with Crippen LogP contribution in [0.5, 0.6) is 0 Å². The molecule has 1 aromatic rings. The Labute approximate surface area is 191 Å². The molecule has 1 aromatic carbocycles. The fourth-order valence-corrected chi connectivity index (χ4v) is 2.96. The van der Waals surface area contributed by atoms with Crippen LogP contribution in [-0.2, 0) is 4.79 Å². The molecule has 3 rings (SSSR count). The number of nitrogens with one attached hydrogen (secondary N) is 2. The predicted octanol–water partition coefficient (Wildman–Crippen LogP) is 4.37. The zero-order valence-corrected chi connectivity index (χ0v) is 18.0. The summed E-state index contributed by atoms with van der Waals surface area (Å²) >= 11 is 5.85. The fourth-order valence-electron chi connectivity index (χ4n) is 2.84. The fraction of sp³-hybridized carbons (Fsp3) is 0.125. The summed E-state index contributed by atoms with van der Waals surface area (Å²) in [5, 5.41) is 16.7. The van der Waals surface area contributed by atoms with Gasteiger partial charge in [-0.2, -0.15) is 0 Å². The number of aliphatic imine (C=N–C) groups is 1. The number of anilines is 1. The number of hydroxylamine groups is 2. The molecular weight excluding hydrogens is 428 g/mol. The number of urea groups is 1. The first-order valence-corrected chi connectivity index (χ1v) is 10.1. The predicted molar refractivity (Wildman–Crippen MR) is 125 cm³/mol. The molecular formula is C24H21ClN4O3. The molecule has 0 radical (unpaired) electrons. The summed E-state index contributed by atoms with van der Waals surface area (Å²) in [7, 11) is 0. The molecule has 1 heterocycles. The van der Waals surface area contributed by atoms with Gasteiger partial charge in [-0.15, -0.1) is 11.8 Å². The Morgan fingerprint density at radius 1 is 1.12 bits per heavy atom. The summed E-state index contributed by atoms with van der Waals surface area (Å²) in [6.07, 6.45) is 13.8. The maximum atomic E-state index is 12.7. The van der Waals surface area contributed by atoms with Gasteiger partial charge < -0.3 is 10.6 Å². The van der Waals surface area contributed by atoms with Crippen molar-refractivity contribution >= 4 is 34.9 Å². The quantitative estimate of drug-likeness (QED) is 0.596. The van der Waals surface area contributed by atoms with E-state index in [4.69, 9.17) is 11.6 Å². The largest absolute Gasteiger partial charge is 0.325 e. The minimum atomic E-state index is -0.914. The van der Waals surface area contributed by atoms with Crippen molar-refractivity contribution in [1.29, 1.82) is 0 Å². The molecule has 1 atom stereocenters. The van der Waals surface area contributed by atoms with Gasteiger partial charge in [-0.3, -0.25) is 10.0 Å². The Balaban J connectivity index is 1.68. The Morgan fingerprint density at radius 2 is 1.84 bits per heavy atom. The molecule has 2 aliphatic rings. The summed E-state index contributed by atoms with van der Waals surface area (Å²) in [5.41, 5.74) is 2.32. The van der Waals surface area contributed by atoms with Gasteiger partial charge in [-0.1, -0.05) is 29.8 Å². The second-order valence-corrected chi connectivity index (χ2v) is 7.15. The van der Waals surface area contributed by atoms with Crippen molar-refractivity contribution in [2.75, 3.05) is 5.32 Å². The SMILES string of the molecule is CC#CCC(NC(=O)Nc1ccc(Cl)cc1)C(=O)N=C1C=CC(=C2C=CC=CN2O)C=C1. The number of hydrogen-bond donors (Lipinski definition) is 3.